The average Bonchev–Trinajstić information content (AvgIpc) is 2.59. The van der Waals surface area contributed by atoms with Gasteiger partial charge in [0.05, 0.1) is 4.92 Å². The number of hydrogen-bond donors (Lipinski definition) is 0. The van der Waals surface area contributed by atoms with Gasteiger partial charge in [-0.15, -0.1) is 11.8 Å². The minimum Gasteiger partial charge on any atom is -0.458 e. The first kappa shape index (κ1) is 16.8. The Labute approximate surface area is 138 Å². The standard InChI is InChI=1S/C17H15NO4S/c1-23-16-9-4-13(5-10-16)6-11-17(19)22-12-14-2-7-15(8-3-14)18(20)21/h2-11H,12H2,1H3/b11-6+. The summed E-state index contributed by atoms with van der Waals surface area (Å²) < 4.78 is 5.10. The first-order valence-corrected chi connectivity index (χ1v) is 8.03. The van der Waals surface area contributed by atoms with Crippen LogP contribution in [-0.4, -0.2) is 17.1 Å². The third kappa shape index (κ3) is 5.27. The van der Waals surface area contributed by atoms with E-state index in [2.05, 4.69) is 0 Å². The van der Waals surface area contributed by atoms with E-state index < -0.39 is 10.9 Å². The SMILES string of the molecule is CSc1ccc(/C=C/C(=O)OCc2ccc([N+](=O)[O-])cc2)cc1. The topological polar surface area (TPSA) is 69.4 Å². The van der Waals surface area contributed by atoms with Gasteiger partial charge in [-0.25, -0.2) is 4.79 Å². The molecule has 2 aromatic carbocycles. The van der Waals surface area contributed by atoms with Crippen LogP contribution in [0.2, 0.25) is 0 Å². The summed E-state index contributed by atoms with van der Waals surface area (Å²) in [5.41, 5.74) is 1.62. The van der Waals surface area contributed by atoms with Crippen molar-refractivity contribution in [2.24, 2.45) is 0 Å². The lowest BCUT2D eigenvalue weighted by atomic mass is 10.2. The van der Waals surface area contributed by atoms with E-state index in [1.54, 1.807) is 30.0 Å². The van der Waals surface area contributed by atoms with Crippen LogP contribution in [0.4, 0.5) is 5.69 Å². The van der Waals surface area contributed by atoms with Crippen molar-refractivity contribution in [3.63, 3.8) is 0 Å². The monoisotopic (exact) mass is 329 g/mol. The summed E-state index contributed by atoms with van der Waals surface area (Å²) in [5.74, 6) is -0.461. The van der Waals surface area contributed by atoms with Gasteiger partial charge in [-0.2, -0.15) is 0 Å². The number of ether oxygens (including phenoxy) is 1. The number of rotatable bonds is 6. The number of carbonyl (C=O) groups excluding carboxylic acids is 1. The molecule has 0 saturated carbocycles. The molecular weight excluding hydrogens is 314 g/mol. The van der Waals surface area contributed by atoms with E-state index in [1.165, 1.54) is 18.2 Å². The van der Waals surface area contributed by atoms with E-state index in [1.807, 2.05) is 30.5 Å². The van der Waals surface area contributed by atoms with Crippen LogP contribution < -0.4 is 0 Å². The van der Waals surface area contributed by atoms with Crippen molar-refractivity contribution in [2.45, 2.75) is 11.5 Å². The molecule has 0 unspecified atom stereocenters. The lowest BCUT2D eigenvalue weighted by molar-refractivity contribution is -0.384. The van der Waals surface area contributed by atoms with Crippen molar-refractivity contribution in [3.05, 3.63) is 75.8 Å². The number of esters is 1. The number of hydrogen-bond acceptors (Lipinski definition) is 5. The Morgan fingerprint density at radius 3 is 2.39 bits per heavy atom. The van der Waals surface area contributed by atoms with E-state index in [9.17, 15) is 14.9 Å². The molecule has 0 aliphatic carbocycles. The quantitative estimate of drug-likeness (QED) is 0.263. The Morgan fingerprint density at radius 2 is 1.83 bits per heavy atom. The Morgan fingerprint density at radius 1 is 1.17 bits per heavy atom. The van der Waals surface area contributed by atoms with Gasteiger partial charge in [-0.1, -0.05) is 12.1 Å². The van der Waals surface area contributed by atoms with Crippen molar-refractivity contribution in [1.82, 2.24) is 0 Å². The van der Waals surface area contributed by atoms with Gasteiger partial charge in [-0.05, 0) is 47.7 Å². The minimum atomic E-state index is -0.471. The summed E-state index contributed by atoms with van der Waals surface area (Å²) in [4.78, 5) is 22.9. The number of nitrogens with zero attached hydrogens (tertiary/aromatic N) is 1. The van der Waals surface area contributed by atoms with Crippen LogP contribution in [0.25, 0.3) is 6.08 Å². The fraction of sp³-hybridized carbons (Fsp3) is 0.118. The molecular formula is C17H15NO4S. The maximum Gasteiger partial charge on any atom is 0.331 e. The first-order valence-electron chi connectivity index (χ1n) is 6.81. The zero-order chi connectivity index (χ0) is 16.7. The van der Waals surface area contributed by atoms with E-state index in [0.717, 1.165) is 10.5 Å². The average molecular weight is 329 g/mol. The normalized spacial score (nSPS) is 10.7. The molecule has 6 heteroatoms. The molecule has 2 aromatic rings. The molecule has 0 amide bonds. The molecule has 0 aliphatic rings. The largest absolute Gasteiger partial charge is 0.458 e. The molecule has 118 valence electrons. The lowest BCUT2D eigenvalue weighted by Crippen LogP contribution is -2.00. The van der Waals surface area contributed by atoms with Crippen LogP contribution in [0.3, 0.4) is 0 Å². The summed E-state index contributed by atoms with van der Waals surface area (Å²) in [6.07, 6.45) is 5.04. The predicted molar refractivity (Wildman–Crippen MR) is 90.1 cm³/mol. The van der Waals surface area contributed by atoms with Crippen molar-refractivity contribution >= 4 is 29.5 Å². The summed E-state index contributed by atoms with van der Waals surface area (Å²) in [5, 5.41) is 10.5. The second kappa shape index (κ2) is 8.14. The second-order valence-corrected chi connectivity index (χ2v) is 5.52. The zero-order valence-corrected chi connectivity index (χ0v) is 13.3. The maximum absolute atomic E-state index is 11.7. The van der Waals surface area contributed by atoms with Crippen molar-refractivity contribution in [1.29, 1.82) is 0 Å². The fourth-order valence-electron chi connectivity index (χ4n) is 1.80. The summed E-state index contributed by atoms with van der Waals surface area (Å²) >= 11 is 1.65. The van der Waals surface area contributed by atoms with Gasteiger partial charge in [0.2, 0.25) is 0 Å². The summed E-state index contributed by atoms with van der Waals surface area (Å²) in [6.45, 7) is 0.0760. The van der Waals surface area contributed by atoms with E-state index >= 15 is 0 Å². The number of benzene rings is 2. The molecule has 0 aliphatic heterocycles. The summed E-state index contributed by atoms with van der Waals surface area (Å²) in [7, 11) is 0. The predicted octanol–water partition coefficient (Wildman–Crippen LogP) is 4.07. The fourth-order valence-corrected chi connectivity index (χ4v) is 2.20. The number of carbonyl (C=O) groups is 1. The van der Waals surface area contributed by atoms with Crippen molar-refractivity contribution in [2.75, 3.05) is 6.26 Å². The Kier molecular flexibility index (Phi) is 5.94. The number of nitro benzene ring substituents is 1. The van der Waals surface area contributed by atoms with E-state index in [-0.39, 0.29) is 12.3 Å². The Balaban J connectivity index is 1.86. The van der Waals surface area contributed by atoms with Gasteiger partial charge in [0.25, 0.3) is 5.69 Å². The third-order valence-electron chi connectivity index (χ3n) is 3.06. The molecule has 2 rings (SSSR count). The highest BCUT2D eigenvalue weighted by Crippen LogP contribution is 2.16. The molecule has 0 heterocycles. The molecule has 0 spiro atoms. The van der Waals surface area contributed by atoms with E-state index in [0.29, 0.717) is 5.56 Å². The van der Waals surface area contributed by atoms with Gasteiger partial charge in [0.15, 0.2) is 0 Å². The molecule has 0 radical (unpaired) electrons. The van der Waals surface area contributed by atoms with Gasteiger partial charge >= 0.3 is 5.97 Å². The van der Waals surface area contributed by atoms with Gasteiger partial charge < -0.3 is 4.74 Å². The Hall–Kier alpha value is -2.60. The van der Waals surface area contributed by atoms with Crippen LogP contribution in [0.15, 0.2) is 59.5 Å². The van der Waals surface area contributed by atoms with E-state index in [4.69, 9.17) is 4.74 Å². The minimum absolute atomic E-state index is 0.00802. The van der Waals surface area contributed by atoms with Gasteiger partial charge in [0, 0.05) is 23.1 Å². The molecule has 5 nitrogen and oxygen atoms in total. The second-order valence-electron chi connectivity index (χ2n) is 4.64. The highest BCUT2D eigenvalue weighted by atomic mass is 32.2. The Bertz CT molecular complexity index is 708. The number of nitro groups is 1. The molecule has 0 aromatic heterocycles. The first-order chi connectivity index (χ1) is 11.1. The summed E-state index contributed by atoms with van der Waals surface area (Å²) in [6, 6.07) is 13.7. The molecule has 0 fully saturated rings. The smallest absolute Gasteiger partial charge is 0.331 e. The maximum atomic E-state index is 11.7. The molecule has 0 bridgehead atoms. The lowest BCUT2D eigenvalue weighted by Gasteiger charge is -2.02. The van der Waals surface area contributed by atoms with Crippen LogP contribution in [0.5, 0.6) is 0 Å². The van der Waals surface area contributed by atoms with Gasteiger partial charge in [-0.3, -0.25) is 10.1 Å². The van der Waals surface area contributed by atoms with Crippen LogP contribution in [0.1, 0.15) is 11.1 Å². The third-order valence-corrected chi connectivity index (χ3v) is 3.80. The molecule has 23 heavy (non-hydrogen) atoms. The van der Waals surface area contributed by atoms with Crippen LogP contribution in [-0.2, 0) is 16.1 Å². The highest BCUT2D eigenvalue weighted by molar-refractivity contribution is 7.98. The molecule has 0 saturated heterocycles. The number of thioether (sulfide) groups is 1. The van der Waals surface area contributed by atoms with Crippen LogP contribution in [0, 0.1) is 10.1 Å². The zero-order valence-electron chi connectivity index (χ0n) is 12.5. The number of non-ortho nitro benzene ring substituents is 1. The molecule has 0 N–H and O–H groups in total. The van der Waals surface area contributed by atoms with Crippen LogP contribution >= 0.6 is 11.8 Å². The van der Waals surface area contributed by atoms with Crippen molar-refractivity contribution in [3.8, 4) is 0 Å². The highest BCUT2D eigenvalue weighted by Gasteiger charge is 2.05. The van der Waals surface area contributed by atoms with Gasteiger partial charge in [0.1, 0.15) is 6.61 Å². The molecule has 0 atom stereocenters. The van der Waals surface area contributed by atoms with Crippen molar-refractivity contribution < 1.29 is 14.5 Å².